The molecule has 0 saturated heterocycles. The van der Waals surface area contributed by atoms with Crippen LogP contribution in [-0.4, -0.2) is 50.6 Å². The maximum absolute atomic E-state index is 6.21. The highest BCUT2D eigenvalue weighted by atomic mass is 79.9. The second-order valence-electron chi connectivity index (χ2n) is 5.17. The van der Waals surface area contributed by atoms with E-state index in [9.17, 15) is 0 Å². The van der Waals surface area contributed by atoms with Crippen molar-refractivity contribution in [3.8, 4) is 0 Å². The van der Waals surface area contributed by atoms with Crippen LogP contribution in [0.1, 0.15) is 18.0 Å². The van der Waals surface area contributed by atoms with Gasteiger partial charge < -0.3 is 15.5 Å². The van der Waals surface area contributed by atoms with Crippen LogP contribution in [0.3, 0.4) is 0 Å². The van der Waals surface area contributed by atoms with E-state index in [1.54, 1.807) is 0 Å². The molecule has 0 fully saturated rings. The third kappa shape index (κ3) is 6.23. The summed E-state index contributed by atoms with van der Waals surface area (Å²) < 4.78 is 0.983. The first kappa shape index (κ1) is 16.9. The fourth-order valence-electron chi connectivity index (χ4n) is 1.80. The van der Waals surface area contributed by atoms with Gasteiger partial charge in [0.05, 0.1) is 0 Å². The van der Waals surface area contributed by atoms with Gasteiger partial charge in [0.15, 0.2) is 0 Å². The van der Waals surface area contributed by atoms with Crippen molar-refractivity contribution in [2.45, 2.75) is 12.5 Å². The summed E-state index contributed by atoms with van der Waals surface area (Å²) in [4.78, 5) is 4.48. The quantitative estimate of drug-likeness (QED) is 0.822. The Balaban J connectivity index is 2.44. The molecule has 1 unspecified atom stereocenters. The van der Waals surface area contributed by atoms with E-state index in [-0.39, 0.29) is 6.04 Å². The minimum atomic E-state index is -0.0117. The van der Waals surface area contributed by atoms with Gasteiger partial charge in [0, 0.05) is 28.6 Å². The van der Waals surface area contributed by atoms with E-state index in [4.69, 9.17) is 17.3 Å². The van der Waals surface area contributed by atoms with E-state index in [0.717, 1.165) is 41.1 Å². The molecule has 0 bridgehead atoms. The van der Waals surface area contributed by atoms with Gasteiger partial charge in [0.2, 0.25) is 0 Å². The van der Waals surface area contributed by atoms with Gasteiger partial charge in [0.25, 0.3) is 0 Å². The molecule has 19 heavy (non-hydrogen) atoms. The van der Waals surface area contributed by atoms with Gasteiger partial charge >= 0.3 is 0 Å². The largest absolute Gasteiger partial charge is 0.324 e. The van der Waals surface area contributed by atoms with Crippen LogP contribution in [0, 0.1) is 0 Å². The molecule has 108 valence electrons. The molecule has 0 spiro atoms. The predicted molar refractivity (Wildman–Crippen MR) is 86.7 cm³/mol. The molecule has 0 aliphatic heterocycles. The van der Waals surface area contributed by atoms with Gasteiger partial charge in [-0.15, -0.1) is 0 Å². The van der Waals surface area contributed by atoms with Crippen molar-refractivity contribution >= 4 is 27.5 Å². The molecular weight excluding hydrogens is 326 g/mol. The summed E-state index contributed by atoms with van der Waals surface area (Å²) in [5.74, 6) is 0. The number of halogens is 2. The molecule has 0 heterocycles. The molecule has 1 rings (SSSR count). The number of benzene rings is 1. The van der Waals surface area contributed by atoms with E-state index in [2.05, 4.69) is 46.9 Å². The Morgan fingerprint density at radius 3 is 2.47 bits per heavy atom. The van der Waals surface area contributed by atoms with Crippen molar-refractivity contribution in [2.24, 2.45) is 5.73 Å². The van der Waals surface area contributed by atoms with Gasteiger partial charge in [0.1, 0.15) is 0 Å². The summed E-state index contributed by atoms with van der Waals surface area (Å²) in [7, 11) is 6.29. The van der Waals surface area contributed by atoms with Crippen LogP contribution in [0.25, 0.3) is 0 Å². The number of nitrogens with zero attached hydrogens (tertiary/aromatic N) is 2. The predicted octanol–water partition coefficient (Wildman–Crippen LogP) is 2.99. The van der Waals surface area contributed by atoms with Gasteiger partial charge in [-0.25, -0.2) is 0 Å². The Hall–Kier alpha value is -0.130. The number of nitrogens with two attached hydrogens (primary N) is 1. The topological polar surface area (TPSA) is 32.5 Å². The lowest BCUT2D eigenvalue weighted by atomic mass is 10.0. The van der Waals surface area contributed by atoms with Crippen molar-refractivity contribution in [3.05, 3.63) is 33.3 Å². The van der Waals surface area contributed by atoms with Crippen LogP contribution in [-0.2, 0) is 0 Å². The maximum atomic E-state index is 6.21. The molecule has 0 aliphatic rings. The zero-order valence-corrected chi connectivity index (χ0v) is 14.2. The molecule has 0 aliphatic carbocycles. The smallest absolute Gasteiger partial charge is 0.0464 e. The number of hydrogen-bond donors (Lipinski definition) is 1. The molecule has 1 atom stereocenters. The SMILES string of the molecule is CN(C)CCN(C)CCC(N)c1ccc(Br)cc1Cl. The lowest BCUT2D eigenvalue weighted by Crippen LogP contribution is -2.30. The first-order chi connectivity index (χ1) is 8.90. The van der Waals surface area contributed by atoms with Crippen LogP contribution in [0.2, 0.25) is 5.02 Å². The summed E-state index contributed by atoms with van der Waals surface area (Å²) in [6.45, 7) is 3.08. The fraction of sp³-hybridized carbons (Fsp3) is 0.571. The van der Waals surface area contributed by atoms with E-state index in [1.165, 1.54) is 0 Å². The summed E-state index contributed by atoms with van der Waals surface area (Å²) in [5, 5.41) is 0.734. The standard InChI is InChI=1S/C14H23BrClN3/c1-18(2)8-9-19(3)7-6-14(17)12-5-4-11(15)10-13(12)16/h4-5,10,14H,6-9,17H2,1-3H3. The minimum absolute atomic E-state index is 0.0117. The second-order valence-corrected chi connectivity index (χ2v) is 6.49. The third-order valence-electron chi connectivity index (χ3n) is 3.11. The van der Waals surface area contributed by atoms with Crippen molar-refractivity contribution in [2.75, 3.05) is 40.8 Å². The van der Waals surface area contributed by atoms with Gasteiger partial charge in [-0.1, -0.05) is 33.6 Å². The minimum Gasteiger partial charge on any atom is -0.324 e. The molecule has 2 N–H and O–H groups in total. The summed E-state index contributed by atoms with van der Waals surface area (Å²) in [5.41, 5.74) is 7.23. The van der Waals surface area contributed by atoms with Crippen molar-refractivity contribution < 1.29 is 0 Å². The highest BCUT2D eigenvalue weighted by molar-refractivity contribution is 9.10. The number of hydrogen-bond acceptors (Lipinski definition) is 3. The Morgan fingerprint density at radius 1 is 1.21 bits per heavy atom. The number of rotatable bonds is 7. The van der Waals surface area contributed by atoms with Crippen molar-refractivity contribution in [1.29, 1.82) is 0 Å². The highest BCUT2D eigenvalue weighted by Gasteiger charge is 2.11. The molecular formula is C14H23BrClN3. The molecule has 0 saturated carbocycles. The zero-order valence-electron chi connectivity index (χ0n) is 11.9. The van der Waals surface area contributed by atoms with E-state index in [0.29, 0.717) is 0 Å². The average molecular weight is 349 g/mol. The Kier molecular flexibility index (Phi) is 7.32. The Morgan fingerprint density at radius 2 is 1.89 bits per heavy atom. The average Bonchev–Trinajstić information content (AvgIpc) is 2.33. The third-order valence-corrected chi connectivity index (χ3v) is 3.93. The van der Waals surface area contributed by atoms with E-state index < -0.39 is 0 Å². The van der Waals surface area contributed by atoms with Crippen molar-refractivity contribution in [1.82, 2.24) is 9.80 Å². The summed E-state index contributed by atoms with van der Waals surface area (Å²) in [6, 6.07) is 5.86. The normalized spacial score (nSPS) is 13.3. The van der Waals surface area contributed by atoms with Gasteiger partial charge in [-0.2, -0.15) is 0 Å². The van der Waals surface area contributed by atoms with Crippen LogP contribution in [0.5, 0.6) is 0 Å². The molecule has 0 aromatic heterocycles. The number of likely N-dealkylation sites (N-methyl/N-ethyl adjacent to an activating group) is 2. The molecule has 5 heteroatoms. The van der Waals surface area contributed by atoms with E-state index in [1.807, 2.05) is 18.2 Å². The molecule has 0 amide bonds. The Labute approximate surface area is 129 Å². The van der Waals surface area contributed by atoms with E-state index >= 15 is 0 Å². The fourth-order valence-corrected chi connectivity index (χ4v) is 2.61. The monoisotopic (exact) mass is 347 g/mol. The van der Waals surface area contributed by atoms with Gasteiger partial charge in [-0.05, 0) is 51.8 Å². The van der Waals surface area contributed by atoms with Gasteiger partial charge in [-0.3, -0.25) is 0 Å². The lowest BCUT2D eigenvalue weighted by molar-refractivity contribution is 0.274. The Bertz CT molecular complexity index is 398. The van der Waals surface area contributed by atoms with Crippen LogP contribution < -0.4 is 5.73 Å². The molecule has 1 aromatic carbocycles. The lowest BCUT2D eigenvalue weighted by Gasteiger charge is -2.21. The highest BCUT2D eigenvalue weighted by Crippen LogP contribution is 2.26. The van der Waals surface area contributed by atoms with Crippen LogP contribution in [0.4, 0.5) is 0 Å². The summed E-state index contributed by atoms with van der Waals surface area (Å²) >= 11 is 9.62. The molecule has 1 aromatic rings. The molecule has 0 radical (unpaired) electrons. The zero-order chi connectivity index (χ0) is 14.4. The second kappa shape index (κ2) is 8.22. The van der Waals surface area contributed by atoms with Crippen LogP contribution >= 0.6 is 27.5 Å². The first-order valence-corrected chi connectivity index (χ1v) is 7.61. The van der Waals surface area contributed by atoms with Crippen molar-refractivity contribution in [3.63, 3.8) is 0 Å². The maximum Gasteiger partial charge on any atom is 0.0464 e. The first-order valence-electron chi connectivity index (χ1n) is 6.44. The summed E-state index contributed by atoms with van der Waals surface area (Å²) in [6.07, 6.45) is 0.908. The van der Waals surface area contributed by atoms with Crippen LogP contribution in [0.15, 0.2) is 22.7 Å². The molecule has 3 nitrogen and oxygen atoms in total.